The van der Waals surface area contributed by atoms with Crippen LogP contribution in [0.15, 0.2) is 30.5 Å². The maximum atomic E-state index is 9.83. The van der Waals surface area contributed by atoms with Gasteiger partial charge in [0.2, 0.25) is 0 Å². The molecule has 7 rings (SSSR count). The Morgan fingerprint density at radius 3 is 2.68 bits per heavy atom. The molecule has 0 bridgehead atoms. The van der Waals surface area contributed by atoms with E-state index < -0.39 is 0 Å². The highest BCUT2D eigenvalue weighted by Crippen LogP contribution is 2.56. The zero-order chi connectivity index (χ0) is 23.1. The Labute approximate surface area is 203 Å². The number of aromatic nitrogens is 5. The molecule has 9 heteroatoms. The molecular weight excluding hydrogens is 448 g/mol. The fourth-order valence-corrected chi connectivity index (χ4v) is 6.38. The molecule has 1 aromatic carbocycles. The van der Waals surface area contributed by atoms with Gasteiger partial charge in [-0.15, -0.1) is 10.2 Å². The van der Waals surface area contributed by atoms with E-state index in [1.54, 1.807) is 0 Å². The first-order valence-electron chi connectivity index (χ1n) is 11.9. The fraction of sp³-hybridized carbons (Fsp3) is 0.480. The molecule has 34 heavy (non-hydrogen) atoms. The third-order valence-electron chi connectivity index (χ3n) is 8.13. The van der Waals surface area contributed by atoms with Gasteiger partial charge in [-0.25, -0.2) is 9.97 Å². The van der Waals surface area contributed by atoms with Crippen LogP contribution in [-0.2, 0) is 13.1 Å². The number of aryl methyl sites for hydroxylation is 1. The van der Waals surface area contributed by atoms with Crippen molar-refractivity contribution >= 4 is 17.4 Å². The molecule has 172 valence electrons. The number of nitrogens with zero attached hydrogens (tertiary/aromatic N) is 8. The molecule has 3 aromatic rings. The molecule has 0 N–H and O–H groups in total. The Balaban J connectivity index is 1.16. The second-order valence-corrected chi connectivity index (χ2v) is 10.9. The van der Waals surface area contributed by atoms with Crippen LogP contribution in [0.1, 0.15) is 54.6 Å². The van der Waals surface area contributed by atoms with Crippen molar-refractivity contribution in [2.45, 2.75) is 57.2 Å². The number of halogens is 1. The Bertz CT molecular complexity index is 1340. The third kappa shape index (κ3) is 3.00. The second kappa shape index (κ2) is 7.00. The highest BCUT2D eigenvalue weighted by molar-refractivity contribution is 6.30. The Kier molecular flexibility index (Phi) is 4.19. The molecule has 1 saturated heterocycles. The molecule has 8 nitrogen and oxygen atoms in total. The molecule has 0 atom stereocenters. The molecule has 2 aliphatic heterocycles. The van der Waals surface area contributed by atoms with E-state index in [1.807, 2.05) is 31.3 Å². The Morgan fingerprint density at radius 2 is 1.94 bits per heavy atom. The van der Waals surface area contributed by atoms with E-state index in [1.165, 1.54) is 0 Å². The molecule has 4 heterocycles. The predicted molar refractivity (Wildman–Crippen MR) is 127 cm³/mol. The van der Waals surface area contributed by atoms with Crippen LogP contribution in [0.2, 0.25) is 5.02 Å². The van der Waals surface area contributed by atoms with Crippen LogP contribution in [0, 0.1) is 23.7 Å². The topological polar surface area (TPSA) is 86.8 Å². The average Bonchev–Trinajstić information content (AvgIpc) is 3.50. The van der Waals surface area contributed by atoms with Crippen molar-refractivity contribution < 1.29 is 0 Å². The lowest BCUT2D eigenvalue weighted by Crippen LogP contribution is -2.62. The SMILES string of the molecule is Cc1nccc(N2CC3(CC(c4nnc5n4-c4ccc(Cl)cc4CN(C4(C#N)CC4)C5)C3)C2)n1. The quantitative estimate of drug-likeness (QED) is 0.573. The van der Waals surface area contributed by atoms with Gasteiger partial charge in [0, 0.05) is 42.2 Å². The molecule has 1 spiro atoms. The lowest BCUT2D eigenvalue weighted by molar-refractivity contribution is 0.0581. The summed E-state index contributed by atoms with van der Waals surface area (Å²) >= 11 is 6.38. The van der Waals surface area contributed by atoms with Gasteiger partial charge in [0.05, 0.1) is 18.3 Å². The summed E-state index contributed by atoms with van der Waals surface area (Å²) in [6.07, 6.45) is 5.88. The number of nitriles is 1. The van der Waals surface area contributed by atoms with Gasteiger partial charge in [0.1, 0.15) is 23.0 Å². The van der Waals surface area contributed by atoms with Gasteiger partial charge < -0.3 is 4.90 Å². The summed E-state index contributed by atoms with van der Waals surface area (Å²) in [6, 6.07) is 10.6. The largest absolute Gasteiger partial charge is 0.355 e. The summed E-state index contributed by atoms with van der Waals surface area (Å²) in [5.41, 5.74) is 2.20. The van der Waals surface area contributed by atoms with Gasteiger partial charge in [-0.1, -0.05) is 11.6 Å². The zero-order valence-electron chi connectivity index (χ0n) is 19.1. The maximum absolute atomic E-state index is 9.83. The van der Waals surface area contributed by atoms with Crippen LogP contribution in [0.4, 0.5) is 5.82 Å². The number of anilines is 1. The van der Waals surface area contributed by atoms with Crippen molar-refractivity contribution in [1.82, 2.24) is 29.6 Å². The monoisotopic (exact) mass is 472 g/mol. The first-order valence-corrected chi connectivity index (χ1v) is 12.3. The first-order chi connectivity index (χ1) is 16.5. The summed E-state index contributed by atoms with van der Waals surface area (Å²) in [4.78, 5) is 13.4. The smallest absolute Gasteiger partial charge is 0.151 e. The zero-order valence-corrected chi connectivity index (χ0v) is 19.8. The minimum atomic E-state index is -0.379. The van der Waals surface area contributed by atoms with E-state index in [4.69, 9.17) is 16.7 Å². The summed E-state index contributed by atoms with van der Waals surface area (Å²) < 4.78 is 2.25. The van der Waals surface area contributed by atoms with Crippen LogP contribution in [0.3, 0.4) is 0 Å². The van der Waals surface area contributed by atoms with Gasteiger partial charge >= 0.3 is 0 Å². The third-order valence-corrected chi connectivity index (χ3v) is 8.37. The molecule has 4 aliphatic rings. The van der Waals surface area contributed by atoms with Crippen LogP contribution >= 0.6 is 11.6 Å². The highest BCUT2D eigenvalue weighted by Gasteiger charge is 2.55. The van der Waals surface area contributed by atoms with E-state index in [2.05, 4.69) is 41.6 Å². The second-order valence-electron chi connectivity index (χ2n) is 10.5. The molecular formula is C25H25ClN8. The minimum absolute atomic E-state index is 0.342. The van der Waals surface area contributed by atoms with Crippen molar-refractivity contribution in [2.75, 3.05) is 18.0 Å². The molecule has 0 amide bonds. The lowest BCUT2D eigenvalue weighted by atomic mass is 9.57. The number of rotatable bonds is 3. The predicted octanol–water partition coefficient (Wildman–Crippen LogP) is 3.77. The summed E-state index contributed by atoms with van der Waals surface area (Å²) in [5, 5.41) is 19.9. The van der Waals surface area contributed by atoms with Crippen LogP contribution in [0.5, 0.6) is 0 Å². The summed E-state index contributed by atoms with van der Waals surface area (Å²) in [7, 11) is 0. The van der Waals surface area contributed by atoms with E-state index in [0.29, 0.717) is 24.4 Å². The van der Waals surface area contributed by atoms with Gasteiger partial charge in [-0.05, 0) is 62.4 Å². The number of hydrogen-bond donors (Lipinski definition) is 0. The van der Waals surface area contributed by atoms with Crippen LogP contribution in [0.25, 0.3) is 5.69 Å². The highest BCUT2D eigenvalue weighted by atomic mass is 35.5. The number of benzene rings is 1. The minimum Gasteiger partial charge on any atom is -0.355 e. The molecule has 0 unspecified atom stereocenters. The molecule has 2 saturated carbocycles. The average molecular weight is 473 g/mol. The Hall–Kier alpha value is -3.02. The van der Waals surface area contributed by atoms with Crippen molar-refractivity contribution in [1.29, 1.82) is 5.26 Å². The van der Waals surface area contributed by atoms with Crippen molar-refractivity contribution in [3.63, 3.8) is 0 Å². The normalized spacial score (nSPS) is 22.2. The maximum Gasteiger partial charge on any atom is 0.151 e. The van der Waals surface area contributed by atoms with E-state index >= 15 is 0 Å². The van der Waals surface area contributed by atoms with E-state index in [9.17, 15) is 5.26 Å². The van der Waals surface area contributed by atoms with E-state index in [-0.39, 0.29) is 5.54 Å². The fourth-order valence-electron chi connectivity index (χ4n) is 6.18. The molecule has 2 aliphatic carbocycles. The molecule has 2 aromatic heterocycles. The number of hydrogen-bond acceptors (Lipinski definition) is 7. The first kappa shape index (κ1) is 20.4. The van der Waals surface area contributed by atoms with Gasteiger partial charge in [-0.2, -0.15) is 5.26 Å². The molecule has 3 fully saturated rings. The Morgan fingerprint density at radius 1 is 1.12 bits per heavy atom. The lowest BCUT2D eigenvalue weighted by Gasteiger charge is -2.59. The van der Waals surface area contributed by atoms with Gasteiger partial charge in [0.15, 0.2) is 5.82 Å². The van der Waals surface area contributed by atoms with Crippen LogP contribution in [-0.4, -0.2) is 48.3 Å². The van der Waals surface area contributed by atoms with Crippen molar-refractivity contribution in [3.05, 3.63) is 58.5 Å². The van der Waals surface area contributed by atoms with Crippen molar-refractivity contribution in [3.8, 4) is 11.8 Å². The van der Waals surface area contributed by atoms with Gasteiger partial charge in [0.25, 0.3) is 0 Å². The number of fused-ring (bicyclic) bond motifs is 3. The van der Waals surface area contributed by atoms with E-state index in [0.717, 1.165) is 78.3 Å². The summed E-state index contributed by atoms with van der Waals surface area (Å²) in [5.74, 6) is 4.19. The van der Waals surface area contributed by atoms with Crippen LogP contribution < -0.4 is 4.90 Å². The molecule has 0 radical (unpaired) electrons. The standard InChI is InChI=1S/C25H25ClN8/c1-16-28-7-4-21(29-16)32-14-24(15-32)9-18(10-24)23-31-30-22-12-33(25(13-27)5-6-25)11-17-8-19(26)2-3-20(17)34(22)23/h2-4,7-8,18H,5-6,9-12,14-15H2,1H3. The van der Waals surface area contributed by atoms with Gasteiger partial charge in [-0.3, -0.25) is 9.47 Å². The van der Waals surface area contributed by atoms with Crippen molar-refractivity contribution in [2.24, 2.45) is 5.41 Å². The summed E-state index contributed by atoms with van der Waals surface area (Å²) in [6.45, 7) is 5.33.